The summed E-state index contributed by atoms with van der Waals surface area (Å²) in [6.45, 7) is 0. The molecule has 1 N–H and O–H groups in total. The summed E-state index contributed by atoms with van der Waals surface area (Å²) >= 11 is 0. The Kier molecular flexibility index (Phi) is 4.10. The number of methoxy groups -OCH3 is 2. The fraction of sp³-hybridized carbons (Fsp3) is 0.133. The molecule has 0 aliphatic heterocycles. The van der Waals surface area contributed by atoms with Crippen LogP contribution in [0.15, 0.2) is 39.5 Å². The maximum atomic E-state index is 11.3. The molecule has 0 aliphatic rings. The molecule has 1 heterocycles. The van der Waals surface area contributed by atoms with Crippen molar-refractivity contribution in [3.63, 3.8) is 0 Å². The molecular formula is C15H14O5. The zero-order valence-electron chi connectivity index (χ0n) is 11.1. The second-order valence-electron chi connectivity index (χ2n) is 3.98. The van der Waals surface area contributed by atoms with Gasteiger partial charge in [-0.1, -0.05) is 12.1 Å². The van der Waals surface area contributed by atoms with E-state index >= 15 is 0 Å². The zero-order chi connectivity index (χ0) is 14.5. The molecule has 0 radical (unpaired) electrons. The van der Waals surface area contributed by atoms with E-state index in [1.54, 1.807) is 30.4 Å². The van der Waals surface area contributed by atoms with Crippen molar-refractivity contribution in [2.24, 2.45) is 0 Å². The summed E-state index contributed by atoms with van der Waals surface area (Å²) in [5, 5.41) is 9.50. The summed E-state index contributed by atoms with van der Waals surface area (Å²) in [5.74, 6) is 1.25. The Morgan fingerprint density at radius 3 is 2.60 bits per heavy atom. The van der Waals surface area contributed by atoms with Gasteiger partial charge >= 0.3 is 5.63 Å². The number of phenols is 1. The van der Waals surface area contributed by atoms with Crippen LogP contribution in [0.3, 0.4) is 0 Å². The molecule has 0 unspecified atom stereocenters. The van der Waals surface area contributed by atoms with Gasteiger partial charge in [-0.2, -0.15) is 0 Å². The van der Waals surface area contributed by atoms with Gasteiger partial charge in [-0.15, -0.1) is 0 Å². The van der Waals surface area contributed by atoms with Crippen LogP contribution < -0.4 is 15.1 Å². The normalized spacial score (nSPS) is 10.7. The smallest absolute Gasteiger partial charge is 0.339 e. The second kappa shape index (κ2) is 5.97. The predicted octanol–water partition coefficient (Wildman–Crippen LogP) is 2.53. The second-order valence-corrected chi connectivity index (χ2v) is 3.98. The Balaban J connectivity index is 2.29. The Morgan fingerprint density at radius 1 is 1.10 bits per heavy atom. The van der Waals surface area contributed by atoms with Crippen LogP contribution in [0.25, 0.3) is 12.2 Å². The third kappa shape index (κ3) is 3.20. The van der Waals surface area contributed by atoms with Crippen LogP contribution >= 0.6 is 0 Å². The zero-order valence-corrected chi connectivity index (χ0v) is 11.1. The summed E-state index contributed by atoms with van der Waals surface area (Å²) in [5.41, 5.74) is 0.317. The van der Waals surface area contributed by atoms with Gasteiger partial charge in [0.1, 0.15) is 11.5 Å². The Hall–Kier alpha value is -2.69. The lowest BCUT2D eigenvalue weighted by molar-refractivity contribution is 0.373. The quantitative estimate of drug-likeness (QED) is 0.927. The number of benzene rings is 1. The molecule has 20 heavy (non-hydrogen) atoms. The van der Waals surface area contributed by atoms with Gasteiger partial charge in [0.05, 0.1) is 20.3 Å². The van der Waals surface area contributed by atoms with Gasteiger partial charge in [-0.25, -0.2) is 4.79 Å². The van der Waals surface area contributed by atoms with E-state index in [0.29, 0.717) is 17.3 Å². The molecule has 2 rings (SSSR count). The monoisotopic (exact) mass is 274 g/mol. The fourth-order valence-corrected chi connectivity index (χ4v) is 1.65. The first-order valence-corrected chi connectivity index (χ1v) is 5.86. The lowest BCUT2D eigenvalue weighted by Gasteiger charge is -2.03. The van der Waals surface area contributed by atoms with E-state index < -0.39 is 5.63 Å². The Labute approximate surface area is 115 Å². The summed E-state index contributed by atoms with van der Waals surface area (Å²) in [7, 11) is 2.96. The van der Waals surface area contributed by atoms with Crippen molar-refractivity contribution in [3.8, 4) is 17.2 Å². The number of phenolic OH excluding ortho intramolecular Hbond substituents is 1. The molecule has 1 aromatic carbocycles. The third-order valence-corrected chi connectivity index (χ3v) is 2.64. The van der Waals surface area contributed by atoms with Crippen molar-refractivity contribution in [1.82, 2.24) is 0 Å². The van der Waals surface area contributed by atoms with Crippen LogP contribution in [0.2, 0.25) is 0 Å². The first-order chi connectivity index (χ1) is 9.62. The molecule has 5 nitrogen and oxygen atoms in total. The molecular weight excluding hydrogens is 260 g/mol. The van der Waals surface area contributed by atoms with Gasteiger partial charge in [0.15, 0.2) is 11.5 Å². The van der Waals surface area contributed by atoms with Crippen LogP contribution in [0.1, 0.15) is 11.3 Å². The minimum atomic E-state index is -0.479. The average Bonchev–Trinajstić information content (AvgIpc) is 2.45. The molecule has 2 aromatic rings. The highest BCUT2D eigenvalue weighted by Crippen LogP contribution is 2.27. The molecule has 0 fully saturated rings. The minimum Gasteiger partial charge on any atom is -0.504 e. The first-order valence-electron chi connectivity index (χ1n) is 5.86. The van der Waals surface area contributed by atoms with Gasteiger partial charge in [0, 0.05) is 6.07 Å². The third-order valence-electron chi connectivity index (χ3n) is 2.64. The number of hydrogen-bond acceptors (Lipinski definition) is 5. The van der Waals surface area contributed by atoms with Crippen LogP contribution in [0.5, 0.6) is 17.2 Å². The van der Waals surface area contributed by atoms with Crippen molar-refractivity contribution in [2.45, 2.75) is 0 Å². The summed E-state index contributed by atoms with van der Waals surface area (Å²) in [6.07, 6.45) is 3.37. The van der Waals surface area contributed by atoms with Crippen LogP contribution in [0.4, 0.5) is 0 Å². The highest BCUT2D eigenvalue weighted by molar-refractivity contribution is 5.69. The number of ether oxygens (including phenoxy) is 2. The molecule has 0 aliphatic carbocycles. The minimum absolute atomic E-state index is 0.0672. The van der Waals surface area contributed by atoms with E-state index in [1.807, 2.05) is 0 Å². The average molecular weight is 274 g/mol. The van der Waals surface area contributed by atoms with Gasteiger partial charge in [0.2, 0.25) is 0 Å². The molecule has 0 amide bonds. The van der Waals surface area contributed by atoms with Crippen LogP contribution in [0, 0.1) is 0 Å². The highest BCUT2D eigenvalue weighted by atomic mass is 16.5. The number of rotatable bonds is 4. The van der Waals surface area contributed by atoms with E-state index in [2.05, 4.69) is 0 Å². The van der Waals surface area contributed by atoms with Gasteiger partial charge in [0.25, 0.3) is 0 Å². The summed E-state index contributed by atoms with van der Waals surface area (Å²) in [6, 6.07) is 7.79. The molecule has 104 valence electrons. The predicted molar refractivity (Wildman–Crippen MR) is 75.1 cm³/mol. The molecule has 0 bridgehead atoms. The lowest BCUT2D eigenvalue weighted by atomic mass is 10.2. The van der Waals surface area contributed by atoms with Crippen molar-refractivity contribution in [3.05, 3.63) is 52.1 Å². The molecule has 5 heteroatoms. The SMILES string of the molecule is COc1cc(C=Cc2ccc(O)c(OC)c2)oc(=O)c1. The molecule has 0 saturated heterocycles. The van der Waals surface area contributed by atoms with Gasteiger partial charge in [-0.3, -0.25) is 0 Å². The van der Waals surface area contributed by atoms with E-state index in [1.165, 1.54) is 26.4 Å². The van der Waals surface area contributed by atoms with E-state index in [0.717, 1.165) is 5.56 Å². The first kappa shape index (κ1) is 13.7. The topological polar surface area (TPSA) is 68.9 Å². The highest BCUT2D eigenvalue weighted by Gasteiger charge is 2.02. The fourth-order valence-electron chi connectivity index (χ4n) is 1.65. The van der Waals surface area contributed by atoms with Crippen molar-refractivity contribution >= 4 is 12.2 Å². The van der Waals surface area contributed by atoms with Gasteiger partial charge < -0.3 is 19.0 Å². The lowest BCUT2D eigenvalue weighted by Crippen LogP contribution is -1.98. The Bertz CT molecular complexity index is 685. The Morgan fingerprint density at radius 2 is 1.90 bits per heavy atom. The molecule has 0 saturated carbocycles. The summed E-state index contributed by atoms with van der Waals surface area (Å²) < 4.78 is 15.0. The maximum Gasteiger partial charge on any atom is 0.339 e. The summed E-state index contributed by atoms with van der Waals surface area (Å²) in [4.78, 5) is 11.3. The number of hydrogen-bond donors (Lipinski definition) is 1. The molecule has 1 aromatic heterocycles. The molecule has 0 spiro atoms. The standard InChI is InChI=1S/C15H14O5/c1-18-12-8-11(20-15(17)9-12)5-3-10-4-6-13(16)14(7-10)19-2/h3-9,16H,1-2H3. The molecule has 0 atom stereocenters. The van der Waals surface area contributed by atoms with Crippen molar-refractivity contribution < 1.29 is 19.0 Å². The van der Waals surface area contributed by atoms with E-state index in [4.69, 9.17) is 13.9 Å². The van der Waals surface area contributed by atoms with Crippen molar-refractivity contribution in [1.29, 1.82) is 0 Å². The largest absolute Gasteiger partial charge is 0.504 e. The van der Waals surface area contributed by atoms with Gasteiger partial charge in [-0.05, 0) is 23.8 Å². The van der Waals surface area contributed by atoms with E-state index in [-0.39, 0.29) is 5.75 Å². The van der Waals surface area contributed by atoms with Crippen LogP contribution in [-0.2, 0) is 0 Å². The number of aromatic hydroxyl groups is 1. The van der Waals surface area contributed by atoms with Crippen LogP contribution in [-0.4, -0.2) is 19.3 Å². The maximum absolute atomic E-state index is 11.3. The van der Waals surface area contributed by atoms with E-state index in [9.17, 15) is 9.90 Å². The van der Waals surface area contributed by atoms with Crippen molar-refractivity contribution in [2.75, 3.05) is 14.2 Å².